The SMILES string of the molecule is COc1ccc(CN(C)C(=O)/C=C\Sc2ccccc2)cc1. The standard InChI is InChI=1S/C18H19NO2S/c1-19(14-15-8-10-16(21-2)11-9-15)18(20)12-13-22-17-6-4-3-5-7-17/h3-13H,14H2,1-2H3/b13-12-. The molecule has 0 bridgehead atoms. The minimum atomic E-state index is -0.0146. The van der Waals surface area contributed by atoms with Gasteiger partial charge in [-0.3, -0.25) is 4.79 Å². The van der Waals surface area contributed by atoms with Gasteiger partial charge in [-0.15, -0.1) is 0 Å². The Morgan fingerprint density at radius 3 is 2.45 bits per heavy atom. The first-order valence-electron chi connectivity index (χ1n) is 6.95. The van der Waals surface area contributed by atoms with Crippen molar-refractivity contribution in [3.8, 4) is 5.75 Å². The number of likely N-dealkylation sites (N-methyl/N-ethyl adjacent to an activating group) is 1. The molecule has 0 aromatic heterocycles. The maximum absolute atomic E-state index is 12.1. The molecule has 4 heteroatoms. The topological polar surface area (TPSA) is 29.5 Å². The average Bonchev–Trinajstić information content (AvgIpc) is 2.56. The highest BCUT2D eigenvalue weighted by Gasteiger charge is 2.05. The first-order chi connectivity index (χ1) is 10.7. The van der Waals surface area contributed by atoms with Gasteiger partial charge in [-0.05, 0) is 35.2 Å². The lowest BCUT2D eigenvalue weighted by Gasteiger charge is -2.15. The second-order valence-corrected chi connectivity index (χ2v) is 5.76. The first kappa shape index (κ1) is 16.2. The second-order valence-electron chi connectivity index (χ2n) is 4.78. The minimum Gasteiger partial charge on any atom is -0.497 e. The van der Waals surface area contributed by atoms with E-state index < -0.39 is 0 Å². The van der Waals surface area contributed by atoms with Crippen molar-refractivity contribution in [2.24, 2.45) is 0 Å². The monoisotopic (exact) mass is 313 g/mol. The molecule has 0 aliphatic rings. The van der Waals surface area contributed by atoms with Crippen molar-refractivity contribution in [2.75, 3.05) is 14.2 Å². The normalized spacial score (nSPS) is 10.6. The Bertz CT molecular complexity index is 623. The van der Waals surface area contributed by atoms with Crippen LogP contribution in [0.1, 0.15) is 5.56 Å². The molecule has 1 amide bonds. The maximum atomic E-state index is 12.1. The largest absolute Gasteiger partial charge is 0.497 e. The molecule has 0 N–H and O–H groups in total. The highest BCUT2D eigenvalue weighted by Crippen LogP contribution is 2.18. The van der Waals surface area contributed by atoms with E-state index in [4.69, 9.17) is 4.74 Å². The molecule has 0 radical (unpaired) electrons. The quantitative estimate of drug-likeness (QED) is 0.597. The van der Waals surface area contributed by atoms with Gasteiger partial charge in [-0.2, -0.15) is 0 Å². The Morgan fingerprint density at radius 1 is 1.14 bits per heavy atom. The molecule has 2 rings (SSSR count). The molecular weight excluding hydrogens is 294 g/mol. The number of ether oxygens (including phenoxy) is 1. The first-order valence-corrected chi connectivity index (χ1v) is 7.83. The number of hydrogen-bond donors (Lipinski definition) is 0. The van der Waals surface area contributed by atoms with E-state index in [1.807, 2.05) is 60.0 Å². The molecule has 114 valence electrons. The molecule has 0 fully saturated rings. The molecule has 2 aromatic rings. The van der Waals surface area contributed by atoms with Gasteiger partial charge in [0.05, 0.1) is 7.11 Å². The number of amides is 1. The van der Waals surface area contributed by atoms with Gasteiger partial charge in [-0.25, -0.2) is 0 Å². The van der Waals surface area contributed by atoms with E-state index in [-0.39, 0.29) is 5.91 Å². The van der Waals surface area contributed by atoms with Gasteiger partial charge in [0, 0.05) is 24.6 Å². The van der Waals surface area contributed by atoms with Crippen LogP contribution in [0.3, 0.4) is 0 Å². The summed E-state index contributed by atoms with van der Waals surface area (Å²) >= 11 is 1.53. The van der Waals surface area contributed by atoms with Crippen LogP contribution in [0.5, 0.6) is 5.75 Å². The fourth-order valence-electron chi connectivity index (χ4n) is 1.88. The van der Waals surface area contributed by atoms with Gasteiger partial charge >= 0.3 is 0 Å². The summed E-state index contributed by atoms with van der Waals surface area (Å²) in [5.74, 6) is 0.802. The molecule has 0 spiro atoms. The lowest BCUT2D eigenvalue weighted by Crippen LogP contribution is -2.23. The van der Waals surface area contributed by atoms with Gasteiger partial charge in [0.15, 0.2) is 0 Å². The van der Waals surface area contributed by atoms with Crippen LogP contribution in [0, 0.1) is 0 Å². The average molecular weight is 313 g/mol. The Hall–Kier alpha value is -2.20. The third-order valence-corrected chi connectivity index (χ3v) is 3.93. The molecule has 0 saturated heterocycles. The van der Waals surface area contributed by atoms with Gasteiger partial charge in [0.25, 0.3) is 0 Å². The van der Waals surface area contributed by atoms with Crippen LogP contribution in [0.2, 0.25) is 0 Å². The number of rotatable bonds is 6. The van der Waals surface area contributed by atoms with Crippen molar-refractivity contribution < 1.29 is 9.53 Å². The fourth-order valence-corrected chi connectivity index (χ4v) is 2.54. The number of carbonyl (C=O) groups excluding carboxylic acids is 1. The van der Waals surface area contributed by atoms with Crippen LogP contribution in [0.25, 0.3) is 0 Å². The lowest BCUT2D eigenvalue weighted by molar-refractivity contribution is -0.125. The van der Waals surface area contributed by atoms with E-state index in [1.54, 1.807) is 25.1 Å². The maximum Gasteiger partial charge on any atom is 0.247 e. The third kappa shape index (κ3) is 4.97. The van der Waals surface area contributed by atoms with Crippen LogP contribution in [-0.4, -0.2) is 25.0 Å². The molecule has 0 saturated carbocycles. The summed E-state index contributed by atoms with van der Waals surface area (Å²) < 4.78 is 5.12. The van der Waals surface area contributed by atoms with E-state index in [2.05, 4.69) is 0 Å². The summed E-state index contributed by atoms with van der Waals surface area (Å²) in [6, 6.07) is 17.7. The van der Waals surface area contributed by atoms with Crippen LogP contribution in [0.15, 0.2) is 71.0 Å². The van der Waals surface area contributed by atoms with Crippen molar-refractivity contribution in [3.63, 3.8) is 0 Å². The molecule has 0 aliphatic heterocycles. The summed E-state index contributed by atoms with van der Waals surface area (Å²) in [7, 11) is 3.43. The highest BCUT2D eigenvalue weighted by molar-refractivity contribution is 8.02. The van der Waals surface area contributed by atoms with E-state index in [0.29, 0.717) is 6.54 Å². The predicted octanol–water partition coefficient (Wildman–Crippen LogP) is 3.96. The van der Waals surface area contributed by atoms with Crippen molar-refractivity contribution >= 4 is 17.7 Å². The van der Waals surface area contributed by atoms with Crippen molar-refractivity contribution in [1.29, 1.82) is 0 Å². The smallest absolute Gasteiger partial charge is 0.247 e. The molecule has 0 heterocycles. The second kappa shape index (κ2) is 8.29. The molecular formula is C18H19NO2S. The third-order valence-electron chi connectivity index (χ3n) is 3.11. The fraction of sp³-hybridized carbons (Fsp3) is 0.167. The Labute approximate surface area is 135 Å². The summed E-state index contributed by atoms with van der Waals surface area (Å²) in [5.41, 5.74) is 1.07. The van der Waals surface area contributed by atoms with E-state index in [9.17, 15) is 4.79 Å². The van der Waals surface area contributed by atoms with Crippen LogP contribution >= 0.6 is 11.8 Å². The zero-order valence-corrected chi connectivity index (χ0v) is 13.5. The number of methoxy groups -OCH3 is 1. The minimum absolute atomic E-state index is 0.0146. The summed E-state index contributed by atoms with van der Waals surface area (Å²) in [4.78, 5) is 14.9. The van der Waals surface area contributed by atoms with Gasteiger partial charge in [0.1, 0.15) is 5.75 Å². The van der Waals surface area contributed by atoms with Crippen molar-refractivity contribution in [2.45, 2.75) is 11.4 Å². The predicted molar refractivity (Wildman–Crippen MR) is 90.9 cm³/mol. The number of nitrogens with zero attached hydrogens (tertiary/aromatic N) is 1. The van der Waals surface area contributed by atoms with Gasteiger partial charge < -0.3 is 9.64 Å². The Balaban J connectivity index is 1.85. The zero-order chi connectivity index (χ0) is 15.8. The zero-order valence-electron chi connectivity index (χ0n) is 12.7. The number of carbonyl (C=O) groups is 1. The Morgan fingerprint density at radius 2 is 1.82 bits per heavy atom. The molecule has 0 atom stereocenters. The van der Waals surface area contributed by atoms with Crippen LogP contribution in [-0.2, 0) is 11.3 Å². The molecule has 0 aliphatic carbocycles. The van der Waals surface area contributed by atoms with Crippen molar-refractivity contribution in [1.82, 2.24) is 4.90 Å². The van der Waals surface area contributed by atoms with E-state index in [0.717, 1.165) is 16.2 Å². The number of thioether (sulfide) groups is 1. The molecule has 0 unspecified atom stereocenters. The van der Waals surface area contributed by atoms with Crippen molar-refractivity contribution in [3.05, 3.63) is 71.6 Å². The summed E-state index contributed by atoms with van der Waals surface area (Å²) in [5, 5.41) is 1.82. The van der Waals surface area contributed by atoms with Crippen LogP contribution < -0.4 is 4.74 Å². The van der Waals surface area contributed by atoms with Gasteiger partial charge in [0.2, 0.25) is 5.91 Å². The number of benzene rings is 2. The highest BCUT2D eigenvalue weighted by atomic mass is 32.2. The van der Waals surface area contributed by atoms with Crippen LogP contribution in [0.4, 0.5) is 0 Å². The lowest BCUT2D eigenvalue weighted by atomic mass is 10.2. The number of hydrogen-bond acceptors (Lipinski definition) is 3. The molecule has 2 aromatic carbocycles. The van der Waals surface area contributed by atoms with E-state index >= 15 is 0 Å². The molecule has 3 nitrogen and oxygen atoms in total. The van der Waals surface area contributed by atoms with Gasteiger partial charge in [-0.1, -0.05) is 42.1 Å². The Kier molecular flexibility index (Phi) is 6.10. The molecule has 22 heavy (non-hydrogen) atoms. The summed E-state index contributed by atoms with van der Waals surface area (Å²) in [6.45, 7) is 0.573. The summed E-state index contributed by atoms with van der Waals surface area (Å²) in [6.07, 6.45) is 1.60. The van der Waals surface area contributed by atoms with E-state index in [1.165, 1.54) is 11.8 Å².